The van der Waals surface area contributed by atoms with E-state index in [0.29, 0.717) is 0 Å². The van der Waals surface area contributed by atoms with Crippen LogP contribution in [0.4, 0.5) is 11.4 Å². The summed E-state index contributed by atoms with van der Waals surface area (Å²) in [7, 11) is 0. The molecule has 1 aromatic carbocycles. The van der Waals surface area contributed by atoms with Crippen LogP contribution in [-0.4, -0.2) is 25.2 Å². The van der Waals surface area contributed by atoms with Gasteiger partial charge in [-0.15, -0.1) is 0 Å². The Hall–Kier alpha value is -1.18. The highest BCUT2D eigenvalue weighted by Gasteiger charge is 2.21. The van der Waals surface area contributed by atoms with Gasteiger partial charge >= 0.3 is 0 Å². The minimum Gasteiger partial charge on any atom is -0.369 e. The Kier molecular flexibility index (Phi) is 9.02. The Labute approximate surface area is 174 Å². The Balaban J connectivity index is 1.69. The van der Waals surface area contributed by atoms with Crippen LogP contribution < -0.4 is 9.80 Å². The molecule has 2 aliphatic carbocycles. The van der Waals surface area contributed by atoms with E-state index >= 15 is 0 Å². The number of benzene rings is 1. The van der Waals surface area contributed by atoms with Gasteiger partial charge in [0.2, 0.25) is 0 Å². The molecule has 1 aromatic rings. The van der Waals surface area contributed by atoms with Gasteiger partial charge in [-0.05, 0) is 63.8 Å². The summed E-state index contributed by atoms with van der Waals surface area (Å²) in [6.07, 6.45) is 19.7. The maximum atomic E-state index is 2.68. The summed E-state index contributed by atoms with van der Waals surface area (Å²) >= 11 is 0. The van der Waals surface area contributed by atoms with Crippen molar-refractivity contribution in [3.8, 4) is 0 Å². The lowest BCUT2D eigenvalue weighted by Crippen LogP contribution is -2.36. The van der Waals surface area contributed by atoms with Gasteiger partial charge in [-0.1, -0.05) is 64.2 Å². The standard InChI is InChI=1S/C26H44N2/c1-3-27(23-15-11-7-5-8-12-16-23)25-19-21-26(22-20-25)28(4-2)24-17-13-9-6-10-14-18-24/h19-24H,3-18H2,1-2H3. The van der Waals surface area contributed by atoms with Gasteiger partial charge in [0.1, 0.15) is 0 Å². The number of rotatable bonds is 6. The highest BCUT2D eigenvalue weighted by molar-refractivity contribution is 5.57. The Morgan fingerprint density at radius 2 is 0.821 bits per heavy atom. The minimum atomic E-state index is 0.740. The number of anilines is 2. The molecule has 2 aliphatic rings. The molecule has 0 radical (unpaired) electrons. The Morgan fingerprint density at radius 1 is 0.536 bits per heavy atom. The maximum absolute atomic E-state index is 2.68. The predicted molar refractivity (Wildman–Crippen MR) is 125 cm³/mol. The molecule has 0 saturated heterocycles. The molecular formula is C26H44N2. The van der Waals surface area contributed by atoms with E-state index in [1.54, 1.807) is 0 Å². The van der Waals surface area contributed by atoms with Crippen LogP contribution in [0, 0.1) is 0 Å². The predicted octanol–water partition coefficient (Wildman–Crippen LogP) is 7.57. The van der Waals surface area contributed by atoms with Crippen molar-refractivity contribution in [3.05, 3.63) is 24.3 Å². The van der Waals surface area contributed by atoms with Gasteiger partial charge in [0, 0.05) is 36.5 Å². The fraction of sp³-hybridized carbons (Fsp3) is 0.769. The largest absolute Gasteiger partial charge is 0.369 e. The van der Waals surface area contributed by atoms with Gasteiger partial charge in [-0.2, -0.15) is 0 Å². The van der Waals surface area contributed by atoms with Crippen LogP contribution in [0.25, 0.3) is 0 Å². The molecule has 0 N–H and O–H groups in total. The molecule has 3 rings (SSSR count). The molecule has 2 heteroatoms. The average molecular weight is 385 g/mol. The Morgan fingerprint density at radius 3 is 1.11 bits per heavy atom. The average Bonchev–Trinajstić information content (AvgIpc) is 2.67. The highest BCUT2D eigenvalue weighted by Crippen LogP contribution is 2.30. The van der Waals surface area contributed by atoms with Crippen molar-refractivity contribution in [2.45, 2.75) is 116 Å². The summed E-state index contributed by atoms with van der Waals surface area (Å²) in [6.45, 7) is 6.92. The molecule has 0 spiro atoms. The quantitative estimate of drug-likeness (QED) is 0.499. The summed E-state index contributed by atoms with van der Waals surface area (Å²) < 4.78 is 0. The van der Waals surface area contributed by atoms with Crippen molar-refractivity contribution < 1.29 is 0 Å². The molecule has 2 saturated carbocycles. The molecule has 0 bridgehead atoms. The van der Waals surface area contributed by atoms with E-state index in [1.807, 2.05) is 0 Å². The van der Waals surface area contributed by atoms with Crippen molar-refractivity contribution in [2.24, 2.45) is 0 Å². The summed E-state index contributed by atoms with van der Waals surface area (Å²) in [5, 5.41) is 0. The van der Waals surface area contributed by atoms with E-state index in [4.69, 9.17) is 0 Å². The first-order valence-electron chi connectivity index (χ1n) is 12.5. The van der Waals surface area contributed by atoms with Crippen molar-refractivity contribution in [1.82, 2.24) is 0 Å². The van der Waals surface area contributed by atoms with E-state index in [1.165, 1.54) is 101 Å². The van der Waals surface area contributed by atoms with Crippen molar-refractivity contribution >= 4 is 11.4 Å². The van der Waals surface area contributed by atoms with Crippen LogP contribution >= 0.6 is 0 Å². The van der Waals surface area contributed by atoms with Gasteiger partial charge < -0.3 is 9.80 Å². The lowest BCUT2D eigenvalue weighted by molar-refractivity contribution is 0.431. The minimum absolute atomic E-state index is 0.740. The van der Waals surface area contributed by atoms with Gasteiger partial charge in [0.05, 0.1) is 0 Å². The topological polar surface area (TPSA) is 6.48 Å². The second-order valence-electron chi connectivity index (χ2n) is 9.09. The Bertz CT molecular complexity index is 473. The zero-order valence-electron chi connectivity index (χ0n) is 18.7. The molecule has 158 valence electrons. The number of hydrogen-bond acceptors (Lipinski definition) is 2. The molecule has 0 heterocycles. The lowest BCUT2D eigenvalue weighted by Gasteiger charge is -2.36. The van der Waals surface area contributed by atoms with Crippen molar-refractivity contribution in [2.75, 3.05) is 22.9 Å². The van der Waals surface area contributed by atoms with Crippen molar-refractivity contribution in [3.63, 3.8) is 0 Å². The van der Waals surface area contributed by atoms with Crippen LogP contribution in [0.5, 0.6) is 0 Å². The van der Waals surface area contributed by atoms with E-state index in [2.05, 4.69) is 47.9 Å². The number of hydrogen-bond donors (Lipinski definition) is 0. The fourth-order valence-corrected chi connectivity index (χ4v) is 5.63. The maximum Gasteiger partial charge on any atom is 0.0370 e. The van der Waals surface area contributed by atoms with Crippen LogP contribution in [0.15, 0.2) is 24.3 Å². The van der Waals surface area contributed by atoms with E-state index < -0.39 is 0 Å². The molecule has 28 heavy (non-hydrogen) atoms. The van der Waals surface area contributed by atoms with Crippen LogP contribution in [0.3, 0.4) is 0 Å². The third-order valence-corrected chi connectivity index (χ3v) is 7.23. The normalized spacial score (nSPS) is 20.6. The van der Waals surface area contributed by atoms with E-state index in [9.17, 15) is 0 Å². The summed E-state index contributed by atoms with van der Waals surface area (Å²) in [6, 6.07) is 11.1. The lowest BCUT2D eigenvalue weighted by atomic mass is 9.94. The summed E-state index contributed by atoms with van der Waals surface area (Å²) in [5.74, 6) is 0. The molecule has 0 atom stereocenters. The first kappa shape index (κ1) is 21.5. The second-order valence-corrected chi connectivity index (χ2v) is 9.09. The van der Waals surface area contributed by atoms with Gasteiger partial charge in [0.15, 0.2) is 0 Å². The van der Waals surface area contributed by atoms with Crippen LogP contribution in [-0.2, 0) is 0 Å². The van der Waals surface area contributed by atoms with Gasteiger partial charge in [-0.3, -0.25) is 0 Å². The molecular weight excluding hydrogens is 340 g/mol. The SMILES string of the molecule is CCN(c1ccc(N(CC)C2CCCCCCC2)cc1)C1CCCCCCC1. The molecule has 2 nitrogen and oxygen atoms in total. The number of nitrogens with zero attached hydrogens (tertiary/aromatic N) is 2. The monoisotopic (exact) mass is 384 g/mol. The van der Waals surface area contributed by atoms with Gasteiger partial charge in [-0.25, -0.2) is 0 Å². The zero-order chi connectivity index (χ0) is 19.6. The van der Waals surface area contributed by atoms with Crippen LogP contribution in [0.1, 0.15) is 104 Å². The molecule has 0 aromatic heterocycles. The third-order valence-electron chi connectivity index (χ3n) is 7.23. The first-order valence-corrected chi connectivity index (χ1v) is 12.5. The summed E-state index contributed by atoms with van der Waals surface area (Å²) in [4.78, 5) is 5.36. The zero-order valence-corrected chi connectivity index (χ0v) is 18.7. The van der Waals surface area contributed by atoms with Crippen LogP contribution in [0.2, 0.25) is 0 Å². The molecule has 0 aliphatic heterocycles. The molecule has 2 fully saturated rings. The smallest absolute Gasteiger partial charge is 0.0370 e. The van der Waals surface area contributed by atoms with Crippen molar-refractivity contribution in [1.29, 1.82) is 0 Å². The first-order chi connectivity index (χ1) is 13.8. The van der Waals surface area contributed by atoms with E-state index in [-0.39, 0.29) is 0 Å². The molecule has 0 amide bonds. The third kappa shape index (κ3) is 5.91. The highest BCUT2D eigenvalue weighted by atomic mass is 15.2. The van der Waals surface area contributed by atoms with Gasteiger partial charge in [0.25, 0.3) is 0 Å². The van der Waals surface area contributed by atoms with E-state index in [0.717, 1.165) is 25.2 Å². The summed E-state index contributed by atoms with van der Waals surface area (Å²) in [5.41, 5.74) is 2.87. The fourth-order valence-electron chi connectivity index (χ4n) is 5.63. The second kappa shape index (κ2) is 11.7. The molecule has 0 unspecified atom stereocenters.